The van der Waals surface area contributed by atoms with Crippen molar-refractivity contribution in [2.75, 3.05) is 11.9 Å². The molecule has 1 amide bonds. The fourth-order valence-corrected chi connectivity index (χ4v) is 3.93. The van der Waals surface area contributed by atoms with E-state index in [1.54, 1.807) is 0 Å². The lowest BCUT2D eigenvalue weighted by molar-refractivity contribution is -0.485. The number of carbonyl (C=O) groups is 2. The van der Waals surface area contributed by atoms with Crippen LogP contribution in [-0.4, -0.2) is 49.0 Å². The van der Waals surface area contributed by atoms with Gasteiger partial charge in [0.05, 0.1) is 4.90 Å². The number of hydrogen-bond acceptors (Lipinski definition) is 6. The van der Waals surface area contributed by atoms with Crippen LogP contribution in [0.15, 0.2) is 28.2 Å². The Balaban J connectivity index is 2.01. The van der Waals surface area contributed by atoms with E-state index in [-0.39, 0.29) is 36.6 Å². The van der Waals surface area contributed by atoms with E-state index in [4.69, 9.17) is 5.73 Å². The second-order valence-corrected chi connectivity index (χ2v) is 7.89. The molecule has 0 spiro atoms. The molecule has 158 valence electrons. The minimum absolute atomic E-state index is 0.0627. The molecule has 0 unspecified atom stereocenters. The van der Waals surface area contributed by atoms with E-state index in [1.807, 2.05) is 0 Å². The van der Waals surface area contributed by atoms with Gasteiger partial charge in [-0.3, -0.25) is 9.59 Å². The van der Waals surface area contributed by atoms with Crippen LogP contribution >= 0.6 is 0 Å². The molecule has 0 bridgehead atoms. The van der Waals surface area contributed by atoms with Gasteiger partial charge >= 0.3 is 5.97 Å². The van der Waals surface area contributed by atoms with Crippen LogP contribution < -0.4 is 21.1 Å². The number of sulfonamides is 1. The lowest BCUT2D eigenvalue weighted by atomic mass is 10.0. The molecule has 1 aliphatic heterocycles. The Labute approximate surface area is 165 Å². The second-order valence-electron chi connectivity index (χ2n) is 6.17. The Morgan fingerprint density at radius 2 is 2.14 bits per heavy atom. The summed E-state index contributed by atoms with van der Waals surface area (Å²) in [6.45, 7) is 0.0627. The molecule has 0 aliphatic carbocycles. The van der Waals surface area contributed by atoms with Gasteiger partial charge in [0.15, 0.2) is 5.03 Å². The molecule has 13 nitrogen and oxygen atoms in total. The molecule has 1 aliphatic rings. The number of hydrogen-bond donors (Lipinski definition) is 5. The van der Waals surface area contributed by atoms with Crippen molar-refractivity contribution in [1.29, 1.82) is 0 Å². The highest BCUT2D eigenvalue weighted by Gasteiger charge is 2.26. The first-order chi connectivity index (χ1) is 13.6. The molecule has 2 rings (SSSR count). The molecule has 0 saturated heterocycles. The summed E-state index contributed by atoms with van der Waals surface area (Å²) >= 11 is 0. The third kappa shape index (κ3) is 6.39. The van der Waals surface area contributed by atoms with Crippen molar-refractivity contribution < 1.29 is 28.1 Å². The SMILES string of the molecule is N/C(=N/[N+](=O)[O-])NCCC[C@H](NS(=O)(=O)c1ccc2c(c1)CCC(=O)N2)C(=O)O. The fourth-order valence-electron chi connectivity index (χ4n) is 2.66. The summed E-state index contributed by atoms with van der Waals surface area (Å²) in [5, 5.41) is 26.4. The van der Waals surface area contributed by atoms with E-state index >= 15 is 0 Å². The van der Waals surface area contributed by atoms with E-state index in [2.05, 4.69) is 20.5 Å². The topological polar surface area (TPSA) is 206 Å². The maximum atomic E-state index is 12.6. The van der Waals surface area contributed by atoms with Gasteiger partial charge < -0.3 is 21.5 Å². The monoisotopic (exact) mass is 428 g/mol. The minimum Gasteiger partial charge on any atom is -0.480 e. The third-order valence-electron chi connectivity index (χ3n) is 4.04. The van der Waals surface area contributed by atoms with Crippen LogP contribution in [0.4, 0.5) is 5.69 Å². The van der Waals surface area contributed by atoms with Gasteiger partial charge in [-0.15, -0.1) is 0 Å². The number of nitrogens with zero attached hydrogens (tertiary/aromatic N) is 2. The average Bonchev–Trinajstić information content (AvgIpc) is 2.62. The van der Waals surface area contributed by atoms with E-state index in [9.17, 15) is 33.2 Å². The summed E-state index contributed by atoms with van der Waals surface area (Å²) in [4.78, 5) is 32.9. The standard InChI is InChI=1S/C15H20N6O7S/c16-15(19-21(25)26)17-7-1-2-12(14(23)24)20-29(27,28)10-4-5-11-9(8-10)3-6-13(22)18-11/h4-5,8,12,20H,1-3,6-7H2,(H,18,22)(H,23,24)(H3,16,17,19)/t12-/m0/s1. The van der Waals surface area contributed by atoms with Gasteiger partial charge in [-0.2, -0.15) is 4.72 Å². The summed E-state index contributed by atoms with van der Waals surface area (Å²) < 4.78 is 27.3. The highest BCUT2D eigenvalue weighted by Crippen LogP contribution is 2.25. The molecule has 14 heteroatoms. The van der Waals surface area contributed by atoms with Crippen LogP contribution in [0.1, 0.15) is 24.8 Å². The maximum Gasteiger partial charge on any atom is 0.321 e. The van der Waals surface area contributed by atoms with Gasteiger partial charge in [-0.25, -0.2) is 18.5 Å². The fraction of sp³-hybridized carbons (Fsp3) is 0.400. The molecule has 1 atom stereocenters. The Kier molecular flexibility index (Phi) is 7.06. The first-order valence-electron chi connectivity index (χ1n) is 8.49. The van der Waals surface area contributed by atoms with Crippen molar-refractivity contribution in [3.05, 3.63) is 33.9 Å². The smallest absolute Gasteiger partial charge is 0.321 e. The zero-order chi connectivity index (χ0) is 21.6. The predicted molar refractivity (Wildman–Crippen MR) is 101 cm³/mol. The average molecular weight is 428 g/mol. The Morgan fingerprint density at radius 1 is 1.41 bits per heavy atom. The third-order valence-corrected chi connectivity index (χ3v) is 5.51. The van der Waals surface area contributed by atoms with Gasteiger partial charge in [0.1, 0.15) is 11.1 Å². The summed E-state index contributed by atoms with van der Waals surface area (Å²) in [5.41, 5.74) is 6.40. The Morgan fingerprint density at radius 3 is 2.79 bits per heavy atom. The van der Waals surface area contributed by atoms with Crippen molar-refractivity contribution in [2.24, 2.45) is 10.8 Å². The van der Waals surface area contributed by atoms with Crippen LogP contribution in [-0.2, 0) is 26.0 Å². The number of benzene rings is 1. The molecule has 0 radical (unpaired) electrons. The molecule has 29 heavy (non-hydrogen) atoms. The largest absolute Gasteiger partial charge is 0.480 e. The molecule has 6 N–H and O–H groups in total. The normalized spacial score (nSPS) is 15.2. The minimum atomic E-state index is -4.12. The molecule has 0 aromatic heterocycles. The Hall–Kier alpha value is -3.26. The number of carboxylic acid groups (broad SMARTS) is 1. The molecule has 1 aromatic rings. The molecule has 0 saturated carbocycles. The van der Waals surface area contributed by atoms with Crippen LogP contribution in [0.5, 0.6) is 0 Å². The number of aryl methyl sites for hydroxylation is 1. The van der Waals surface area contributed by atoms with Gasteiger partial charge in [-0.1, -0.05) is 0 Å². The van der Waals surface area contributed by atoms with E-state index in [0.29, 0.717) is 17.7 Å². The number of amides is 1. The number of aliphatic carboxylic acids is 1. The van der Waals surface area contributed by atoms with Gasteiger partial charge in [0.25, 0.3) is 5.96 Å². The summed E-state index contributed by atoms with van der Waals surface area (Å²) in [6.07, 6.45) is 0.682. The molecular weight excluding hydrogens is 408 g/mol. The zero-order valence-electron chi connectivity index (χ0n) is 15.1. The van der Waals surface area contributed by atoms with Gasteiger partial charge in [0, 0.05) is 18.7 Å². The number of guanidine groups is 1. The van der Waals surface area contributed by atoms with Crippen LogP contribution in [0, 0.1) is 10.1 Å². The van der Waals surface area contributed by atoms with E-state index in [0.717, 1.165) is 0 Å². The van der Waals surface area contributed by atoms with E-state index < -0.39 is 33.0 Å². The molecule has 1 aromatic carbocycles. The van der Waals surface area contributed by atoms with Crippen molar-refractivity contribution in [2.45, 2.75) is 36.6 Å². The molecule has 0 fully saturated rings. The lowest BCUT2D eigenvalue weighted by Gasteiger charge is -2.19. The van der Waals surface area contributed by atoms with Crippen molar-refractivity contribution in [3.8, 4) is 0 Å². The number of carboxylic acids is 1. The first-order valence-corrected chi connectivity index (χ1v) is 9.97. The number of nitro groups is 1. The van der Waals surface area contributed by atoms with Crippen LogP contribution in [0.3, 0.4) is 0 Å². The number of anilines is 1. The number of nitrogens with two attached hydrogens (primary N) is 1. The van der Waals surface area contributed by atoms with Gasteiger partial charge in [0.2, 0.25) is 15.9 Å². The van der Waals surface area contributed by atoms with Crippen molar-refractivity contribution >= 4 is 33.5 Å². The lowest BCUT2D eigenvalue weighted by Crippen LogP contribution is -2.41. The highest BCUT2D eigenvalue weighted by atomic mass is 32.2. The van der Waals surface area contributed by atoms with Crippen LogP contribution in [0.2, 0.25) is 0 Å². The molecular formula is C15H20N6O7S. The summed E-state index contributed by atoms with van der Waals surface area (Å²) in [7, 11) is -4.12. The predicted octanol–water partition coefficient (Wildman–Crippen LogP) is -0.821. The highest BCUT2D eigenvalue weighted by molar-refractivity contribution is 7.89. The second kappa shape index (κ2) is 9.29. The number of hydrazone groups is 1. The first kappa shape index (κ1) is 22.0. The summed E-state index contributed by atoms with van der Waals surface area (Å²) in [5.74, 6) is -1.97. The number of rotatable bonds is 9. The molecule has 1 heterocycles. The quantitative estimate of drug-likeness (QED) is 0.109. The maximum absolute atomic E-state index is 12.6. The van der Waals surface area contributed by atoms with Gasteiger partial charge in [-0.05, 0) is 43.0 Å². The number of carbonyl (C=O) groups excluding carboxylic acids is 1. The van der Waals surface area contributed by atoms with E-state index in [1.165, 1.54) is 18.2 Å². The van der Waals surface area contributed by atoms with Crippen molar-refractivity contribution in [3.63, 3.8) is 0 Å². The number of nitrogens with one attached hydrogen (secondary N) is 3. The number of fused-ring (bicyclic) bond motifs is 1. The Bertz CT molecular complexity index is 946. The van der Waals surface area contributed by atoms with Crippen LogP contribution in [0.25, 0.3) is 0 Å². The van der Waals surface area contributed by atoms with Crippen molar-refractivity contribution in [1.82, 2.24) is 10.0 Å². The zero-order valence-corrected chi connectivity index (χ0v) is 15.9. The summed E-state index contributed by atoms with van der Waals surface area (Å²) in [6, 6.07) is 2.72.